The minimum atomic E-state index is -0.552. The van der Waals surface area contributed by atoms with Crippen LogP contribution in [0.2, 0.25) is 5.02 Å². The number of piperazine rings is 1. The average molecular weight is 580 g/mol. The van der Waals surface area contributed by atoms with Crippen LogP contribution in [0.5, 0.6) is 0 Å². The van der Waals surface area contributed by atoms with Crippen molar-refractivity contribution in [3.63, 3.8) is 0 Å². The van der Waals surface area contributed by atoms with Crippen LogP contribution < -0.4 is 11.1 Å². The zero-order valence-corrected chi connectivity index (χ0v) is 24.1. The predicted molar refractivity (Wildman–Crippen MR) is 167 cm³/mol. The zero-order chi connectivity index (χ0) is 29.5. The van der Waals surface area contributed by atoms with Gasteiger partial charge in [0, 0.05) is 53.7 Å². The van der Waals surface area contributed by atoms with Gasteiger partial charge in [-0.05, 0) is 67.1 Å². The van der Waals surface area contributed by atoms with Gasteiger partial charge < -0.3 is 25.8 Å². The molecule has 2 heterocycles. The number of aromatic nitrogens is 1. The summed E-state index contributed by atoms with van der Waals surface area (Å²) >= 11 is 6.25. The third-order valence-electron chi connectivity index (χ3n) is 8.05. The van der Waals surface area contributed by atoms with Gasteiger partial charge in [-0.2, -0.15) is 0 Å². The van der Waals surface area contributed by atoms with E-state index in [9.17, 15) is 14.4 Å². The molecule has 1 aromatic heterocycles. The van der Waals surface area contributed by atoms with Crippen LogP contribution in [0.3, 0.4) is 0 Å². The number of halogens is 1. The highest BCUT2D eigenvalue weighted by Gasteiger charge is 2.23. The highest BCUT2D eigenvalue weighted by molar-refractivity contribution is 6.34. The molecule has 1 aliphatic heterocycles. The van der Waals surface area contributed by atoms with Crippen LogP contribution in [0.4, 0.5) is 5.69 Å². The number of aromatic amines is 1. The number of carbonyl (C=O) groups excluding carboxylic acids is 3. The predicted octanol–water partition coefficient (Wildman–Crippen LogP) is 5.69. The Morgan fingerprint density at radius 3 is 2.38 bits per heavy atom. The van der Waals surface area contributed by atoms with Gasteiger partial charge in [0.15, 0.2) is 0 Å². The number of rotatable bonds is 5. The molecule has 4 aromatic carbocycles. The first-order valence-corrected chi connectivity index (χ1v) is 14.1. The topological polar surface area (TPSA) is 112 Å². The lowest BCUT2D eigenvalue weighted by Gasteiger charge is -2.32. The van der Waals surface area contributed by atoms with Gasteiger partial charge in [0.1, 0.15) is 0 Å². The Bertz CT molecular complexity index is 1890. The fourth-order valence-corrected chi connectivity index (χ4v) is 5.89. The maximum absolute atomic E-state index is 13.3. The standard InChI is InChI=1S/C33H30ClN5O3/c1-19-21(7-5-9-27(19)37-32(41)23-6-3-4-8-26(23)34)22-12-13-25(31(35)40)30-29(22)24-11-10-20(18-28(24)36-30)33(42)39-16-14-38(2)15-17-39/h3-13,18,36H,14-17H2,1-2H3,(H2,35,40)(H,37,41). The van der Waals surface area contributed by atoms with Crippen molar-refractivity contribution in [2.24, 2.45) is 5.73 Å². The molecule has 0 saturated carbocycles. The van der Waals surface area contributed by atoms with Crippen LogP contribution in [0.1, 0.15) is 36.6 Å². The lowest BCUT2D eigenvalue weighted by molar-refractivity contribution is 0.0664. The normalized spacial score (nSPS) is 13.9. The van der Waals surface area contributed by atoms with E-state index < -0.39 is 5.91 Å². The number of amides is 3. The van der Waals surface area contributed by atoms with Gasteiger partial charge in [-0.3, -0.25) is 14.4 Å². The molecule has 0 spiro atoms. The van der Waals surface area contributed by atoms with Crippen LogP contribution in [0.25, 0.3) is 32.9 Å². The zero-order valence-electron chi connectivity index (χ0n) is 23.3. The summed E-state index contributed by atoms with van der Waals surface area (Å²) < 4.78 is 0. The number of nitrogens with zero attached hydrogens (tertiary/aromatic N) is 2. The van der Waals surface area contributed by atoms with E-state index in [1.54, 1.807) is 30.3 Å². The summed E-state index contributed by atoms with van der Waals surface area (Å²) in [5.74, 6) is -0.874. The summed E-state index contributed by atoms with van der Waals surface area (Å²) in [6.07, 6.45) is 0. The lowest BCUT2D eigenvalue weighted by Crippen LogP contribution is -2.47. The smallest absolute Gasteiger partial charge is 0.257 e. The highest BCUT2D eigenvalue weighted by atomic mass is 35.5. The molecular formula is C33H30ClN5O3. The van der Waals surface area contributed by atoms with Gasteiger partial charge in [-0.1, -0.05) is 48.0 Å². The van der Waals surface area contributed by atoms with Crippen LogP contribution in [0.15, 0.2) is 72.8 Å². The molecule has 3 amide bonds. The Hall–Kier alpha value is -4.66. The maximum atomic E-state index is 13.3. The maximum Gasteiger partial charge on any atom is 0.257 e. The molecule has 5 aromatic rings. The molecule has 0 bridgehead atoms. The van der Waals surface area contributed by atoms with Crippen LogP contribution in [0, 0.1) is 6.92 Å². The summed E-state index contributed by atoms with van der Waals surface area (Å²) in [7, 11) is 2.05. The summed E-state index contributed by atoms with van der Waals surface area (Å²) in [5.41, 5.74) is 11.7. The molecule has 6 rings (SSSR count). The number of carbonyl (C=O) groups is 3. The molecule has 0 unspecified atom stereocenters. The second kappa shape index (κ2) is 11.0. The fraction of sp³-hybridized carbons (Fsp3) is 0.182. The molecule has 42 heavy (non-hydrogen) atoms. The summed E-state index contributed by atoms with van der Waals surface area (Å²) in [4.78, 5) is 46.2. The van der Waals surface area contributed by atoms with Crippen LogP contribution >= 0.6 is 11.6 Å². The van der Waals surface area contributed by atoms with E-state index in [2.05, 4.69) is 22.2 Å². The largest absolute Gasteiger partial charge is 0.366 e. The van der Waals surface area contributed by atoms with Gasteiger partial charge >= 0.3 is 0 Å². The summed E-state index contributed by atoms with van der Waals surface area (Å²) in [6.45, 7) is 4.97. The summed E-state index contributed by atoms with van der Waals surface area (Å²) in [5, 5.41) is 5.04. The number of nitrogens with two attached hydrogens (primary N) is 1. The van der Waals surface area contributed by atoms with Crippen molar-refractivity contribution in [3.05, 3.63) is 100 Å². The average Bonchev–Trinajstić information content (AvgIpc) is 3.37. The molecule has 8 nitrogen and oxygen atoms in total. The first-order valence-electron chi connectivity index (χ1n) is 13.7. The van der Waals surface area contributed by atoms with Gasteiger partial charge in [0.05, 0.1) is 21.7 Å². The van der Waals surface area contributed by atoms with Crippen molar-refractivity contribution in [2.45, 2.75) is 6.92 Å². The molecule has 0 radical (unpaired) electrons. The third-order valence-corrected chi connectivity index (χ3v) is 8.38. The van der Waals surface area contributed by atoms with E-state index in [0.717, 1.165) is 46.1 Å². The van der Waals surface area contributed by atoms with Gasteiger partial charge in [-0.25, -0.2) is 0 Å². The van der Waals surface area contributed by atoms with Crippen molar-refractivity contribution >= 4 is 56.8 Å². The number of nitrogens with one attached hydrogen (secondary N) is 2. The Morgan fingerprint density at radius 1 is 0.881 bits per heavy atom. The Morgan fingerprint density at radius 2 is 1.64 bits per heavy atom. The molecule has 212 valence electrons. The van der Waals surface area contributed by atoms with Crippen molar-refractivity contribution < 1.29 is 14.4 Å². The summed E-state index contributed by atoms with van der Waals surface area (Å²) in [6, 6.07) is 21.8. The quantitative estimate of drug-likeness (QED) is 0.248. The van der Waals surface area contributed by atoms with E-state index in [0.29, 0.717) is 46.0 Å². The van der Waals surface area contributed by atoms with Crippen LogP contribution in [-0.2, 0) is 0 Å². The number of primary amides is 1. The number of likely N-dealkylation sites (N-methyl/N-ethyl adjacent to an activating group) is 1. The van der Waals surface area contributed by atoms with Gasteiger partial charge in [0.2, 0.25) is 0 Å². The Kier molecular flexibility index (Phi) is 7.18. The van der Waals surface area contributed by atoms with E-state index >= 15 is 0 Å². The first kappa shape index (κ1) is 27.5. The van der Waals surface area contributed by atoms with Crippen LogP contribution in [-0.4, -0.2) is 65.7 Å². The Labute approximate surface area is 248 Å². The SMILES string of the molecule is Cc1c(NC(=O)c2ccccc2Cl)cccc1-c1ccc(C(N)=O)c2[nH]c3cc(C(=O)N4CCN(C)CC4)ccc3c12. The molecule has 4 N–H and O–H groups in total. The number of H-pyrrole nitrogens is 1. The van der Waals surface area contributed by atoms with E-state index in [4.69, 9.17) is 17.3 Å². The highest BCUT2D eigenvalue weighted by Crippen LogP contribution is 2.39. The second-order valence-corrected chi connectivity index (χ2v) is 11.1. The van der Waals surface area contributed by atoms with Gasteiger partial charge in [-0.15, -0.1) is 0 Å². The van der Waals surface area contributed by atoms with E-state index in [1.165, 1.54) is 0 Å². The monoisotopic (exact) mass is 579 g/mol. The molecular weight excluding hydrogens is 550 g/mol. The van der Waals surface area contributed by atoms with E-state index in [-0.39, 0.29) is 11.8 Å². The second-order valence-electron chi connectivity index (χ2n) is 10.7. The van der Waals surface area contributed by atoms with Crippen molar-refractivity contribution in [1.29, 1.82) is 0 Å². The van der Waals surface area contributed by atoms with Crippen molar-refractivity contribution in [2.75, 3.05) is 38.5 Å². The minimum Gasteiger partial charge on any atom is -0.366 e. The first-order chi connectivity index (χ1) is 20.2. The molecule has 1 fully saturated rings. The third kappa shape index (κ3) is 4.89. The Balaban J connectivity index is 1.44. The van der Waals surface area contributed by atoms with Gasteiger partial charge in [0.25, 0.3) is 17.7 Å². The molecule has 0 aliphatic carbocycles. The lowest BCUT2D eigenvalue weighted by atomic mass is 9.93. The molecule has 0 atom stereocenters. The number of hydrogen-bond donors (Lipinski definition) is 3. The van der Waals surface area contributed by atoms with E-state index in [1.807, 2.05) is 54.3 Å². The fourth-order valence-electron chi connectivity index (χ4n) is 5.67. The minimum absolute atomic E-state index is 0.0168. The molecule has 1 aliphatic rings. The molecule has 9 heteroatoms. The van der Waals surface area contributed by atoms with Crippen molar-refractivity contribution in [3.8, 4) is 11.1 Å². The number of anilines is 1. The van der Waals surface area contributed by atoms with Crippen molar-refractivity contribution in [1.82, 2.24) is 14.8 Å². The molecule has 1 saturated heterocycles. The number of benzene rings is 4. The number of fused-ring (bicyclic) bond motifs is 3. The number of hydrogen-bond acceptors (Lipinski definition) is 4.